The van der Waals surface area contributed by atoms with Crippen molar-refractivity contribution in [3.63, 3.8) is 0 Å². The molecule has 2 rings (SSSR count). The van der Waals surface area contributed by atoms with Crippen LogP contribution < -0.4 is 0 Å². The van der Waals surface area contributed by atoms with Crippen LogP contribution >= 0.6 is 17.9 Å². The number of rotatable bonds is 0. The molecule has 1 aliphatic rings. The summed E-state index contributed by atoms with van der Waals surface area (Å²) in [6.45, 7) is 6.58. The zero-order valence-electron chi connectivity index (χ0n) is 9.76. The van der Waals surface area contributed by atoms with Crippen molar-refractivity contribution in [2.75, 3.05) is 0 Å². The molecule has 0 fully saturated rings. The Balaban J connectivity index is 2.56. The van der Waals surface area contributed by atoms with Gasteiger partial charge >= 0.3 is 110 Å². The second-order valence-electron chi connectivity index (χ2n) is 5.18. The molecule has 1 aliphatic heterocycles. The Hall–Kier alpha value is 0.330. The van der Waals surface area contributed by atoms with Crippen molar-refractivity contribution in [1.82, 2.24) is 0 Å². The molecule has 88 valence electrons. The molecule has 0 radical (unpaired) electrons. The van der Waals surface area contributed by atoms with Gasteiger partial charge in [0.1, 0.15) is 0 Å². The molecule has 0 saturated carbocycles. The first-order valence-electron chi connectivity index (χ1n) is 5.31. The van der Waals surface area contributed by atoms with Gasteiger partial charge in [0.25, 0.3) is 0 Å². The van der Waals surface area contributed by atoms with Crippen molar-refractivity contribution < 1.29 is 0 Å². The van der Waals surface area contributed by atoms with E-state index >= 15 is 0 Å². The topological polar surface area (TPSA) is 0 Å². The molecular formula is C13H16Cl2Te. The zero-order chi connectivity index (χ0) is 12.0. The van der Waals surface area contributed by atoms with Crippen molar-refractivity contribution in [2.24, 2.45) is 5.41 Å². The van der Waals surface area contributed by atoms with E-state index in [2.05, 4.69) is 51.1 Å². The van der Waals surface area contributed by atoms with Crippen LogP contribution in [-0.4, -0.2) is 15.9 Å². The maximum atomic E-state index is 6.64. The SMILES string of the molecule is CC(C)(C)C1=Cc2ccccc2C[Te]1(Cl)Cl. The number of halogens is 2. The Kier molecular flexibility index (Phi) is 3.37. The summed E-state index contributed by atoms with van der Waals surface area (Å²) in [6.07, 6.45) is 2.22. The number of hydrogen-bond donors (Lipinski definition) is 0. The summed E-state index contributed by atoms with van der Waals surface area (Å²) in [6, 6.07) is 8.41. The molecule has 3 heteroatoms. The Bertz CT molecular complexity index is 441. The van der Waals surface area contributed by atoms with Crippen LogP contribution in [0, 0.1) is 5.41 Å². The summed E-state index contributed by atoms with van der Waals surface area (Å²) in [5.41, 5.74) is 2.68. The molecule has 0 bridgehead atoms. The van der Waals surface area contributed by atoms with Gasteiger partial charge in [-0.15, -0.1) is 0 Å². The van der Waals surface area contributed by atoms with Gasteiger partial charge < -0.3 is 0 Å². The second kappa shape index (κ2) is 4.21. The standard InChI is InChI=1S/C13H16Cl2Te/c1-13(2,3)12-8-10-6-4-5-7-11(10)9-16(12,14)15/h4-8H,9H2,1-3H3. The molecule has 0 atom stereocenters. The maximum absolute atomic E-state index is 6.64. The molecule has 1 heterocycles. The van der Waals surface area contributed by atoms with Gasteiger partial charge in [0, 0.05) is 0 Å². The van der Waals surface area contributed by atoms with Crippen molar-refractivity contribution in [1.29, 1.82) is 0 Å². The summed E-state index contributed by atoms with van der Waals surface area (Å²) in [7, 11) is 13.3. The summed E-state index contributed by atoms with van der Waals surface area (Å²) in [5.74, 6) is 0. The van der Waals surface area contributed by atoms with Gasteiger partial charge in [0.2, 0.25) is 0 Å². The average molecular weight is 371 g/mol. The van der Waals surface area contributed by atoms with Crippen LogP contribution in [0.3, 0.4) is 0 Å². The summed E-state index contributed by atoms with van der Waals surface area (Å²) in [5, 5.41) is 0. The molecule has 16 heavy (non-hydrogen) atoms. The van der Waals surface area contributed by atoms with E-state index in [0.717, 1.165) is 4.47 Å². The molecule has 0 saturated heterocycles. The van der Waals surface area contributed by atoms with E-state index in [1.807, 2.05) is 0 Å². The van der Waals surface area contributed by atoms with Crippen molar-refractivity contribution in [3.05, 3.63) is 39.0 Å². The molecular weight excluding hydrogens is 355 g/mol. The molecule has 0 amide bonds. The van der Waals surface area contributed by atoms with Crippen LogP contribution in [0.4, 0.5) is 0 Å². The molecule has 1 aromatic carbocycles. The number of allylic oxidation sites excluding steroid dienone is 1. The fraction of sp³-hybridized carbons (Fsp3) is 0.385. The zero-order valence-corrected chi connectivity index (χ0v) is 13.6. The fourth-order valence-corrected chi connectivity index (χ4v) is 13.0. The van der Waals surface area contributed by atoms with E-state index in [4.69, 9.17) is 17.9 Å². The monoisotopic (exact) mass is 372 g/mol. The van der Waals surface area contributed by atoms with Crippen LogP contribution in [0.5, 0.6) is 0 Å². The van der Waals surface area contributed by atoms with Crippen molar-refractivity contribution in [3.8, 4) is 0 Å². The van der Waals surface area contributed by atoms with Gasteiger partial charge in [-0.3, -0.25) is 0 Å². The van der Waals surface area contributed by atoms with Crippen LogP contribution in [0.1, 0.15) is 31.9 Å². The van der Waals surface area contributed by atoms with Crippen LogP contribution in [0.25, 0.3) is 6.08 Å². The molecule has 1 aromatic rings. The minimum absolute atomic E-state index is 0.0815. The first-order chi connectivity index (χ1) is 7.31. The van der Waals surface area contributed by atoms with Crippen LogP contribution in [0.2, 0.25) is 0 Å². The molecule has 0 unspecified atom stereocenters. The number of fused-ring (bicyclic) bond motifs is 1. The molecule has 0 nitrogen and oxygen atoms in total. The van der Waals surface area contributed by atoms with Crippen molar-refractivity contribution >= 4 is 39.9 Å². The van der Waals surface area contributed by atoms with Gasteiger partial charge in [-0.25, -0.2) is 0 Å². The summed E-state index contributed by atoms with van der Waals surface area (Å²) >= 11 is -2.86. The third kappa shape index (κ3) is 2.44. The van der Waals surface area contributed by atoms with Gasteiger partial charge in [-0.2, -0.15) is 0 Å². The third-order valence-electron chi connectivity index (χ3n) is 2.74. The summed E-state index contributed by atoms with van der Waals surface area (Å²) < 4.78 is 2.17. The average Bonchev–Trinajstić information content (AvgIpc) is 2.13. The van der Waals surface area contributed by atoms with Gasteiger partial charge in [0.15, 0.2) is 0 Å². The van der Waals surface area contributed by atoms with Crippen LogP contribution in [0.15, 0.2) is 27.9 Å². The fourth-order valence-electron chi connectivity index (χ4n) is 1.97. The molecule has 0 aliphatic carbocycles. The van der Waals surface area contributed by atoms with Crippen LogP contribution in [-0.2, 0) is 4.47 Å². The molecule has 0 N–H and O–H groups in total. The van der Waals surface area contributed by atoms with E-state index in [9.17, 15) is 0 Å². The first kappa shape index (κ1) is 12.8. The quantitative estimate of drug-likeness (QED) is 0.582. The van der Waals surface area contributed by atoms with E-state index in [1.165, 1.54) is 14.7 Å². The Morgan fingerprint density at radius 3 is 2.38 bits per heavy atom. The van der Waals surface area contributed by atoms with E-state index in [-0.39, 0.29) is 5.41 Å². The first-order valence-corrected chi connectivity index (χ1v) is 14.0. The molecule has 0 aromatic heterocycles. The number of hydrogen-bond acceptors (Lipinski definition) is 0. The molecule has 0 spiro atoms. The third-order valence-corrected chi connectivity index (χ3v) is 12.3. The normalized spacial score (nSPS) is 20.9. The predicted octanol–water partition coefficient (Wildman–Crippen LogP) is 4.67. The Morgan fingerprint density at radius 1 is 1.12 bits per heavy atom. The summed E-state index contributed by atoms with van der Waals surface area (Å²) in [4.78, 5) is 0. The predicted molar refractivity (Wildman–Crippen MR) is 75.0 cm³/mol. The Labute approximate surface area is 109 Å². The van der Waals surface area contributed by atoms with Gasteiger partial charge in [-0.1, -0.05) is 0 Å². The van der Waals surface area contributed by atoms with Crippen molar-refractivity contribution in [2.45, 2.75) is 25.2 Å². The van der Waals surface area contributed by atoms with Gasteiger partial charge in [0.05, 0.1) is 0 Å². The van der Waals surface area contributed by atoms with E-state index in [1.54, 1.807) is 0 Å². The van der Waals surface area contributed by atoms with E-state index < -0.39 is 15.9 Å². The van der Waals surface area contributed by atoms with Gasteiger partial charge in [-0.05, 0) is 0 Å². The minimum atomic E-state index is -2.86. The second-order valence-corrected chi connectivity index (χ2v) is 18.7. The Morgan fingerprint density at radius 2 is 1.75 bits per heavy atom. The number of benzene rings is 1. The van der Waals surface area contributed by atoms with E-state index in [0.29, 0.717) is 0 Å².